The van der Waals surface area contributed by atoms with Crippen molar-refractivity contribution in [2.75, 3.05) is 32.0 Å². The zero-order valence-corrected chi connectivity index (χ0v) is 19.1. The van der Waals surface area contributed by atoms with Gasteiger partial charge in [-0.1, -0.05) is 29.3 Å². The molecule has 3 aromatic rings. The average molecular weight is 475 g/mol. The highest BCUT2D eigenvalue weighted by molar-refractivity contribution is 6.31. The van der Waals surface area contributed by atoms with E-state index in [1.807, 2.05) is 6.07 Å². The molecule has 1 aliphatic heterocycles. The van der Waals surface area contributed by atoms with Crippen molar-refractivity contribution in [3.8, 4) is 5.69 Å². The number of carbonyl (C=O) groups is 1. The van der Waals surface area contributed by atoms with E-state index in [1.54, 1.807) is 24.4 Å². The number of halogens is 2. The van der Waals surface area contributed by atoms with Gasteiger partial charge in [0.05, 0.1) is 16.3 Å². The summed E-state index contributed by atoms with van der Waals surface area (Å²) in [7, 11) is 2.14. The molecule has 0 radical (unpaired) electrons. The van der Waals surface area contributed by atoms with Crippen molar-refractivity contribution in [1.29, 1.82) is 0 Å². The van der Waals surface area contributed by atoms with E-state index >= 15 is 0 Å². The Morgan fingerprint density at radius 3 is 2.81 bits per heavy atom. The second-order valence-electron chi connectivity index (χ2n) is 7.85. The van der Waals surface area contributed by atoms with Crippen LogP contribution in [0.15, 0.2) is 36.8 Å². The Hall–Kier alpha value is -2.75. The molecule has 0 unspecified atom stereocenters. The largest absolute Gasteiger partial charge is 0.369 e. The first kappa shape index (κ1) is 22.4. The highest BCUT2D eigenvalue weighted by atomic mass is 35.5. The predicted molar refractivity (Wildman–Crippen MR) is 123 cm³/mol. The van der Waals surface area contributed by atoms with Gasteiger partial charge in [-0.2, -0.15) is 0 Å². The van der Waals surface area contributed by atoms with Crippen molar-refractivity contribution < 1.29 is 4.79 Å². The number of piperidine rings is 1. The third-order valence-corrected chi connectivity index (χ3v) is 6.17. The molecule has 1 amide bonds. The van der Waals surface area contributed by atoms with Crippen molar-refractivity contribution in [1.82, 2.24) is 35.4 Å². The quantitative estimate of drug-likeness (QED) is 0.542. The van der Waals surface area contributed by atoms with Crippen molar-refractivity contribution in [3.63, 3.8) is 0 Å². The van der Waals surface area contributed by atoms with E-state index < -0.39 is 0 Å². The number of nitrogens with one attached hydrogen (secondary N) is 2. The average Bonchev–Trinajstić information content (AvgIpc) is 3.33. The van der Waals surface area contributed by atoms with E-state index in [1.165, 1.54) is 11.0 Å². The molecular weight excluding hydrogens is 451 g/mol. The molecule has 1 aromatic carbocycles. The van der Waals surface area contributed by atoms with Crippen LogP contribution in [0.5, 0.6) is 0 Å². The SMILES string of the molecule is CN1CCC(CNc2ncc(Cl)cc2C(=O)NCc2c(Cl)cccc2-n2cnnn2)CC1. The number of hydrogen-bond donors (Lipinski definition) is 2. The van der Waals surface area contributed by atoms with E-state index in [0.717, 1.165) is 32.5 Å². The number of likely N-dealkylation sites (tertiary alicyclic amines) is 1. The first-order chi connectivity index (χ1) is 15.5. The number of aromatic nitrogens is 5. The molecule has 11 heteroatoms. The van der Waals surface area contributed by atoms with Crippen LogP contribution in [-0.2, 0) is 6.54 Å². The summed E-state index contributed by atoms with van der Waals surface area (Å²) in [5, 5.41) is 18.4. The molecule has 168 valence electrons. The lowest BCUT2D eigenvalue weighted by molar-refractivity contribution is 0.0951. The zero-order chi connectivity index (χ0) is 22.5. The van der Waals surface area contributed by atoms with E-state index in [-0.39, 0.29) is 12.5 Å². The van der Waals surface area contributed by atoms with Gasteiger partial charge in [0.2, 0.25) is 0 Å². The predicted octanol–water partition coefficient (Wildman–Crippen LogP) is 3.05. The Kier molecular flexibility index (Phi) is 7.19. The minimum Gasteiger partial charge on any atom is -0.369 e. The maximum absolute atomic E-state index is 13.0. The molecular formula is C21H24Cl2N8O. The topological polar surface area (TPSA) is 101 Å². The highest BCUT2D eigenvalue weighted by Crippen LogP contribution is 2.24. The maximum atomic E-state index is 13.0. The molecule has 0 aliphatic carbocycles. The van der Waals surface area contributed by atoms with E-state index in [9.17, 15) is 4.79 Å². The molecule has 0 atom stereocenters. The second-order valence-corrected chi connectivity index (χ2v) is 8.70. The number of carbonyl (C=O) groups excluding carboxylic acids is 1. The minimum absolute atomic E-state index is 0.189. The summed E-state index contributed by atoms with van der Waals surface area (Å²) in [5.41, 5.74) is 1.78. The monoisotopic (exact) mass is 474 g/mol. The molecule has 32 heavy (non-hydrogen) atoms. The summed E-state index contributed by atoms with van der Waals surface area (Å²) < 4.78 is 1.50. The molecule has 1 saturated heterocycles. The van der Waals surface area contributed by atoms with Gasteiger partial charge in [0, 0.05) is 29.9 Å². The van der Waals surface area contributed by atoms with Gasteiger partial charge in [-0.05, 0) is 67.5 Å². The highest BCUT2D eigenvalue weighted by Gasteiger charge is 2.19. The van der Waals surface area contributed by atoms with Gasteiger partial charge in [-0.15, -0.1) is 5.10 Å². The Bertz CT molecular complexity index is 1070. The summed E-state index contributed by atoms with van der Waals surface area (Å²) >= 11 is 12.5. The smallest absolute Gasteiger partial charge is 0.255 e. The van der Waals surface area contributed by atoms with Crippen LogP contribution in [0.2, 0.25) is 10.0 Å². The normalized spacial score (nSPS) is 15.0. The third-order valence-electron chi connectivity index (χ3n) is 5.61. The maximum Gasteiger partial charge on any atom is 0.255 e. The van der Waals surface area contributed by atoms with Crippen molar-refractivity contribution in [2.45, 2.75) is 19.4 Å². The number of hydrogen-bond acceptors (Lipinski definition) is 7. The van der Waals surface area contributed by atoms with Crippen LogP contribution in [0.25, 0.3) is 5.69 Å². The summed E-state index contributed by atoms with van der Waals surface area (Å²) in [4.78, 5) is 19.7. The molecule has 3 heterocycles. The number of pyridine rings is 1. The summed E-state index contributed by atoms with van der Waals surface area (Å²) in [5.74, 6) is 0.765. The van der Waals surface area contributed by atoms with Gasteiger partial charge in [0.15, 0.2) is 0 Å². The Balaban J connectivity index is 1.47. The molecule has 0 bridgehead atoms. The molecule has 0 saturated carbocycles. The van der Waals surface area contributed by atoms with E-state index in [2.05, 4.69) is 43.1 Å². The van der Waals surface area contributed by atoms with Gasteiger partial charge in [-0.3, -0.25) is 4.79 Å². The van der Waals surface area contributed by atoms with Gasteiger partial charge < -0.3 is 15.5 Å². The molecule has 4 rings (SSSR count). The Morgan fingerprint density at radius 1 is 1.25 bits per heavy atom. The van der Waals surface area contributed by atoms with Gasteiger partial charge in [0.25, 0.3) is 5.91 Å². The first-order valence-electron chi connectivity index (χ1n) is 10.4. The summed E-state index contributed by atoms with van der Waals surface area (Å²) in [6, 6.07) is 7.01. The molecule has 2 aromatic heterocycles. The Labute approximate surface area is 196 Å². The lowest BCUT2D eigenvalue weighted by atomic mass is 9.97. The fourth-order valence-electron chi connectivity index (χ4n) is 3.73. The fraction of sp³-hybridized carbons (Fsp3) is 0.381. The number of amides is 1. The molecule has 0 spiro atoms. The van der Waals surface area contributed by atoms with Gasteiger partial charge in [-0.25, -0.2) is 9.67 Å². The molecule has 1 aliphatic rings. The summed E-state index contributed by atoms with van der Waals surface area (Å²) in [6.07, 6.45) is 5.25. The molecule has 1 fully saturated rings. The van der Waals surface area contributed by atoms with Crippen LogP contribution < -0.4 is 10.6 Å². The number of tetrazole rings is 1. The van der Waals surface area contributed by atoms with E-state index in [0.29, 0.717) is 38.6 Å². The standard InChI is InChI=1S/C21H24Cl2N8O/c1-30-7-5-14(6-8-30)10-24-20-16(9-15(22)11-25-20)21(32)26-12-17-18(23)3-2-4-19(17)31-13-27-28-29-31/h2-4,9,11,13-14H,5-8,10,12H2,1H3,(H,24,25)(H,26,32). The van der Waals surface area contributed by atoms with Crippen molar-refractivity contribution in [2.24, 2.45) is 5.92 Å². The third kappa shape index (κ3) is 5.35. The molecule has 9 nitrogen and oxygen atoms in total. The zero-order valence-electron chi connectivity index (χ0n) is 17.6. The van der Waals surface area contributed by atoms with E-state index in [4.69, 9.17) is 23.2 Å². The number of nitrogens with zero attached hydrogens (tertiary/aromatic N) is 6. The first-order valence-corrected chi connectivity index (χ1v) is 11.1. The van der Waals surface area contributed by atoms with Crippen LogP contribution >= 0.6 is 23.2 Å². The lowest BCUT2D eigenvalue weighted by Gasteiger charge is -2.29. The van der Waals surface area contributed by atoms with Crippen LogP contribution in [-0.4, -0.2) is 62.7 Å². The summed E-state index contributed by atoms with van der Waals surface area (Å²) in [6.45, 7) is 3.11. The van der Waals surface area contributed by atoms with Crippen molar-refractivity contribution in [3.05, 3.63) is 58.0 Å². The Morgan fingerprint density at radius 2 is 2.06 bits per heavy atom. The van der Waals surface area contributed by atoms with Gasteiger partial charge >= 0.3 is 0 Å². The van der Waals surface area contributed by atoms with Gasteiger partial charge in [0.1, 0.15) is 12.1 Å². The van der Waals surface area contributed by atoms with Crippen LogP contribution in [0.4, 0.5) is 5.82 Å². The number of anilines is 1. The second kappa shape index (κ2) is 10.2. The number of benzene rings is 1. The minimum atomic E-state index is -0.298. The fourth-order valence-corrected chi connectivity index (χ4v) is 4.13. The van der Waals surface area contributed by atoms with Crippen molar-refractivity contribution >= 4 is 34.9 Å². The van der Waals surface area contributed by atoms with Crippen LogP contribution in [0, 0.1) is 5.92 Å². The lowest BCUT2D eigenvalue weighted by Crippen LogP contribution is -2.33. The number of rotatable bonds is 7. The molecule has 2 N–H and O–H groups in total. The van der Waals surface area contributed by atoms with Crippen LogP contribution in [0.1, 0.15) is 28.8 Å². The van der Waals surface area contributed by atoms with Crippen LogP contribution in [0.3, 0.4) is 0 Å².